The number of aromatic amines is 1. The van der Waals surface area contributed by atoms with Gasteiger partial charge in [0, 0.05) is 44.0 Å². The number of carbonyl (C=O) groups excluding carboxylic acids is 1. The maximum absolute atomic E-state index is 12.5. The molecule has 1 amide bonds. The Kier molecular flexibility index (Phi) is 6.69. The molecule has 0 spiro atoms. The fraction of sp³-hybridized carbons (Fsp3) is 0.429. The van der Waals surface area contributed by atoms with E-state index in [0.29, 0.717) is 11.5 Å². The lowest BCUT2D eigenvalue weighted by atomic mass is 9.97. The molecule has 5 nitrogen and oxygen atoms in total. The van der Waals surface area contributed by atoms with Gasteiger partial charge < -0.3 is 14.8 Å². The third-order valence-corrected chi connectivity index (χ3v) is 5.39. The van der Waals surface area contributed by atoms with Crippen molar-refractivity contribution in [2.75, 3.05) is 33.2 Å². The second-order valence-electron chi connectivity index (χ2n) is 7.31. The van der Waals surface area contributed by atoms with Gasteiger partial charge in [-0.2, -0.15) is 0 Å². The summed E-state index contributed by atoms with van der Waals surface area (Å²) in [5, 5.41) is 0.770. The molecule has 0 radical (unpaired) electrons. The van der Waals surface area contributed by atoms with Crippen LogP contribution in [0.3, 0.4) is 0 Å². The van der Waals surface area contributed by atoms with Crippen LogP contribution in [0.1, 0.15) is 28.8 Å². The van der Waals surface area contributed by atoms with Crippen LogP contribution in [-0.4, -0.2) is 53.9 Å². The number of nitrogens with one attached hydrogen (secondary N) is 1. The first-order valence-electron chi connectivity index (χ1n) is 9.42. The Balaban J connectivity index is 1.49. The van der Waals surface area contributed by atoms with Crippen LogP contribution in [0, 0.1) is 5.92 Å². The van der Waals surface area contributed by atoms with E-state index in [4.69, 9.17) is 11.6 Å². The maximum Gasteiger partial charge on any atom is 0.255 e. The number of likely N-dealkylation sites (tertiary alicyclic amines) is 1. The Bertz CT molecular complexity index is 798. The predicted molar refractivity (Wildman–Crippen MR) is 108 cm³/mol. The van der Waals surface area contributed by atoms with E-state index in [1.54, 1.807) is 11.0 Å². The quantitative estimate of drug-likeness (QED) is 0.828. The van der Waals surface area contributed by atoms with Crippen molar-refractivity contribution in [3.05, 3.63) is 69.1 Å². The molecule has 2 aromatic rings. The fourth-order valence-electron chi connectivity index (χ4n) is 3.68. The highest BCUT2D eigenvalue weighted by Crippen LogP contribution is 2.19. The first-order chi connectivity index (χ1) is 13.0. The second-order valence-corrected chi connectivity index (χ2v) is 7.75. The summed E-state index contributed by atoms with van der Waals surface area (Å²) in [6.07, 6.45) is 4.79. The van der Waals surface area contributed by atoms with Gasteiger partial charge in [-0.05, 0) is 55.5 Å². The Morgan fingerprint density at radius 3 is 2.74 bits per heavy atom. The Morgan fingerprint density at radius 2 is 2.04 bits per heavy atom. The summed E-state index contributed by atoms with van der Waals surface area (Å²) in [4.78, 5) is 30.5. The second kappa shape index (κ2) is 9.20. The molecule has 0 aliphatic carbocycles. The molecular formula is C21H26ClN3O2. The smallest absolute Gasteiger partial charge is 0.255 e. The normalized spacial score (nSPS) is 17.6. The number of H-pyrrole nitrogens is 1. The lowest BCUT2D eigenvalue weighted by Gasteiger charge is -2.34. The first-order valence-corrected chi connectivity index (χ1v) is 9.80. The van der Waals surface area contributed by atoms with Crippen LogP contribution < -0.4 is 5.56 Å². The minimum absolute atomic E-state index is 0.0514. The van der Waals surface area contributed by atoms with E-state index in [9.17, 15) is 9.59 Å². The molecule has 144 valence electrons. The maximum atomic E-state index is 12.5. The number of pyridine rings is 1. The van der Waals surface area contributed by atoms with Gasteiger partial charge in [-0.15, -0.1) is 0 Å². The van der Waals surface area contributed by atoms with Crippen molar-refractivity contribution in [2.45, 2.75) is 19.3 Å². The van der Waals surface area contributed by atoms with Crippen molar-refractivity contribution in [2.24, 2.45) is 5.92 Å². The predicted octanol–water partition coefficient (Wildman–Crippen LogP) is 3.06. The van der Waals surface area contributed by atoms with Crippen LogP contribution >= 0.6 is 11.6 Å². The molecule has 1 atom stereocenters. The zero-order valence-electron chi connectivity index (χ0n) is 15.7. The van der Waals surface area contributed by atoms with Crippen LogP contribution in [0.5, 0.6) is 0 Å². The average molecular weight is 388 g/mol. The third-order valence-electron chi connectivity index (χ3n) is 5.14. The van der Waals surface area contributed by atoms with Gasteiger partial charge in [0.05, 0.1) is 5.56 Å². The van der Waals surface area contributed by atoms with Crippen LogP contribution in [0.4, 0.5) is 0 Å². The molecule has 0 unspecified atom stereocenters. The summed E-state index contributed by atoms with van der Waals surface area (Å²) in [7, 11) is 1.83. The van der Waals surface area contributed by atoms with Crippen LogP contribution in [0.2, 0.25) is 5.02 Å². The van der Waals surface area contributed by atoms with Gasteiger partial charge in [-0.3, -0.25) is 9.59 Å². The lowest BCUT2D eigenvalue weighted by molar-refractivity contribution is 0.0730. The first kappa shape index (κ1) is 19.6. The standard InChI is InChI=1S/C21H26ClN3O2/c1-24(21(27)18-6-9-20(26)23-13-18)14-17-3-2-11-25(15-17)12-10-16-4-7-19(22)8-5-16/h4-9,13,17H,2-3,10-12,14-15H2,1H3,(H,23,26)/t17-/m1/s1. The van der Waals surface area contributed by atoms with Gasteiger partial charge >= 0.3 is 0 Å². The zero-order chi connectivity index (χ0) is 19.2. The topological polar surface area (TPSA) is 56.4 Å². The van der Waals surface area contributed by atoms with Crippen molar-refractivity contribution < 1.29 is 4.79 Å². The third kappa shape index (κ3) is 5.68. The molecule has 2 heterocycles. The van der Waals surface area contributed by atoms with Crippen molar-refractivity contribution in [3.63, 3.8) is 0 Å². The van der Waals surface area contributed by atoms with E-state index >= 15 is 0 Å². The average Bonchev–Trinajstić information content (AvgIpc) is 2.68. The minimum atomic E-state index is -0.196. The molecule has 1 saturated heterocycles. The molecule has 1 fully saturated rings. The highest BCUT2D eigenvalue weighted by molar-refractivity contribution is 6.30. The Hall–Kier alpha value is -2.11. The molecule has 1 N–H and O–H groups in total. The summed E-state index contributed by atoms with van der Waals surface area (Å²) >= 11 is 5.95. The van der Waals surface area contributed by atoms with E-state index in [1.165, 1.54) is 17.8 Å². The van der Waals surface area contributed by atoms with E-state index < -0.39 is 0 Å². The van der Waals surface area contributed by atoms with Gasteiger partial charge in [0.1, 0.15) is 0 Å². The SMILES string of the molecule is CN(C[C@H]1CCCN(CCc2ccc(Cl)cc2)C1)C(=O)c1ccc(=O)[nH]c1. The number of halogens is 1. The highest BCUT2D eigenvalue weighted by atomic mass is 35.5. The van der Waals surface area contributed by atoms with Gasteiger partial charge in [-0.25, -0.2) is 0 Å². The van der Waals surface area contributed by atoms with Crippen molar-refractivity contribution in [3.8, 4) is 0 Å². The van der Waals surface area contributed by atoms with E-state index in [2.05, 4.69) is 22.0 Å². The number of piperidine rings is 1. The lowest BCUT2D eigenvalue weighted by Crippen LogP contribution is -2.42. The molecule has 1 aliphatic heterocycles. The number of hydrogen-bond acceptors (Lipinski definition) is 3. The van der Waals surface area contributed by atoms with Crippen LogP contribution in [0.15, 0.2) is 47.4 Å². The summed E-state index contributed by atoms with van der Waals surface area (Å²) in [6.45, 7) is 3.88. The molecule has 1 aromatic carbocycles. The van der Waals surface area contributed by atoms with Crippen LogP contribution in [0.25, 0.3) is 0 Å². The van der Waals surface area contributed by atoms with Gasteiger partial charge in [0.15, 0.2) is 0 Å². The molecule has 6 heteroatoms. The molecule has 3 rings (SSSR count). The molecule has 27 heavy (non-hydrogen) atoms. The van der Waals surface area contributed by atoms with Gasteiger partial charge in [-0.1, -0.05) is 23.7 Å². The summed E-state index contributed by atoms with van der Waals surface area (Å²) < 4.78 is 0. The molecular weight excluding hydrogens is 362 g/mol. The Labute approximate surface area is 164 Å². The largest absolute Gasteiger partial charge is 0.341 e. The van der Waals surface area contributed by atoms with Gasteiger partial charge in [0.25, 0.3) is 5.91 Å². The zero-order valence-corrected chi connectivity index (χ0v) is 16.4. The van der Waals surface area contributed by atoms with E-state index in [-0.39, 0.29) is 11.5 Å². The number of rotatable bonds is 6. The monoisotopic (exact) mass is 387 g/mol. The summed E-state index contributed by atoms with van der Waals surface area (Å²) in [6, 6.07) is 11.0. The van der Waals surface area contributed by atoms with E-state index in [1.807, 2.05) is 19.2 Å². The number of amides is 1. The summed E-state index contributed by atoms with van der Waals surface area (Å²) in [5.74, 6) is 0.421. The van der Waals surface area contributed by atoms with Crippen LogP contribution in [-0.2, 0) is 6.42 Å². The Morgan fingerprint density at radius 1 is 1.26 bits per heavy atom. The van der Waals surface area contributed by atoms with Crippen molar-refractivity contribution >= 4 is 17.5 Å². The molecule has 0 saturated carbocycles. The fourth-order valence-corrected chi connectivity index (χ4v) is 3.80. The number of carbonyl (C=O) groups is 1. The number of nitrogens with zero attached hydrogens (tertiary/aromatic N) is 2. The number of aromatic nitrogens is 1. The number of benzene rings is 1. The summed E-state index contributed by atoms with van der Waals surface area (Å²) in [5.41, 5.74) is 1.62. The minimum Gasteiger partial charge on any atom is -0.341 e. The molecule has 1 aliphatic rings. The number of hydrogen-bond donors (Lipinski definition) is 1. The van der Waals surface area contributed by atoms with E-state index in [0.717, 1.165) is 50.5 Å². The van der Waals surface area contributed by atoms with Crippen molar-refractivity contribution in [1.29, 1.82) is 0 Å². The molecule has 0 bridgehead atoms. The highest BCUT2D eigenvalue weighted by Gasteiger charge is 2.23. The molecule has 1 aromatic heterocycles. The van der Waals surface area contributed by atoms with Crippen molar-refractivity contribution in [1.82, 2.24) is 14.8 Å². The van der Waals surface area contributed by atoms with Gasteiger partial charge in [0.2, 0.25) is 5.56 Å².